The largest absolute Gasteiger partial charge is 0.309 e. The predicted octanol–water partition coefficient (Wildman–Crippen LogP) is 23.7. The lowest BCUT2D eigenvalue weighted by Crippen LogP contribution is -2.03. The van der Waals surface area contributed by atoms with Gasteiger partial charge in [0.05, 0.1) is 59.9 Å². The smallest absolute Gasteiger partial charge is 0.174 e. The van der Waals surface area contributed by atoms with Crippen LogP contribution >= 0.6 is 22.7 Å². The molecule has 0 aliphatic rings. The summed E-state index contributed by atoms with van der Waals surface area (Å²) >= 11 is 3.46. The van der Waals surface area contributed by atoms with Crippen LogP contribution in [-0.4, -0.2) is 38.6 Å². The van der Waals surface area contributed by atoms with Gasteiger partial charge in [0.25, 0.3) is 0 Å². The normalized spacial score (nSPS) is 11.8. The minimum absolute atomic E-state index is 0.600. The SMILES string of the molecule is c1ccc(-c2ccc(-c3cc(-c4cc5ccccc5s4)nc(-c4cc(-n5c6ccccc6c6ccccc65)cc(-n5c6ccccc6c6cc(-c7ccc(-c8nc(-c9cc%10ccccc%10s9)nc(-c9ccccc9-n9c%10ccccc%10c%10ccccc%109)n8)cc7)ccc65)c4)n3)cc2)cc1. The molecule has 0 radical (unpaired) electrons. The van der Waals surface area contributed by atoms with E-state index in [-0.39, 0.29) is 0 Å². The Balaban J connectivity index is 0.731. The highest BCUT2D eigenvalue weighted by Crippen LogP contribution is 2.43. The molecular formula is C89H54N8S2. The minimum Gasteiger partial charge on any atom is -0.309 e. The van der Waals surface area contributed by atoms with Crippen molar-refractivity contribution in [2.75, 3.05) is 0 Å². The number of para-hydroxylation sites is 6. The van der Waals surface area contributed by atoms with Gasteiger partial charge in [-0.2, -0.15) is 0 Å². The monoisotopic (exact) mass is 1300 g/mol. The van der Waals surface area contributed by atoms with Gasteiger partial charge in [0.1, 0.15) is 0 Å². The van der Waals surface area contributed by atoms with E-state index in [0.29, 0.717) is 23.3 Å². The third kappa shape index (κ3) is 9.59. The summed E-state index contributed by atoms with van der Waals surface area (Å²) in [6.07, 6.45) is 0. The number of thiophene rings is 2. The first-order valence-electron chi connectivity index (χ1n) is 33.2. The number of nitrogens with zero attached hydrogens (tertiary/aromatic N) is 8. The second-order valence-electron chi connectivity index (χ2n) is 25.2. The zero-order valence-corrected chi connectivity index (χ0v) is 54.7. The van der Waals surface area contributed by atoms with Crippen LogP contribution in [0.2, 0.25) is 0 Å². The molecule has 0 unspecified atom stereocenters. The van der Waals surface area contributed by atoms with Crippen LogP contribution in [0.3, 0.4) is 0 Å². The van der Waals surface area contributed by atoms with E-state index >= 15 is 0 Å². The van der Waals surface area contributed by atoms with Crippen molar-refractivity contribution in [2.24, 2.45) is 0 Å². The van der Waals surface area contributed by atoms with Crippen LogP contribution in [0.15, 0.2) is 328 Å². The number of rotatable bonds is 11. The van der Waals surface area contributed by atoms with Crippen molar-refractivity contribution in [3.63, 3.8) is 0 Å². The lowest BCUT2D eigenvalue weighted by molar-refractivity contribution is 1.07. The van der Waals surface area contributed by atoms with Crippen LogP contribution < -0.4 is 0 Å². The fourth-order valence-corrected chi connectivity index (χ4v) is 16.7. The summed E-state index contributed by atoms with van der Waals surface area (Å²) in [7, 11) is 0. The minimum atomic E-state index is 0.600. The third-order valence-electron chi connectivity index (χ3n) is 19.3. The predicted molar refractivity (Wildman–Crippen MR) is 413 cm³/mol. The molecule has 0 bridgehead atoms. The van der Waals surface area contributed by atoms with Gasteiger partial charge in [-0.15, -0.1) is 22.7 Å². The van der Waals surface area contributed by atoms with Crippen LogP contribution in [0.4, 0.5) is 0 Å². The van der Waals surface area contributed by atoms with E-state index in [2.05, 4.69) is 341 Å². The molecule has 7 aromatic heterocycles. The zero-order chi connectivity index (χ0) is 65.1. The highest BCUT2D eigenvalue weighted by Gasteiger charge is 2.24. The van der Waals surface area contributed by atoms with Crippen molar-refractivity contribution in [1.82, 2.24) is 38.6 Å². The molecule has 462 valence electrons. The maximum absolute atomic E-state index is 5.57. The van der Waals surface area contributed by atoms with Crippen molar-refractivity contribution in [3.8, 4) is 106 Å². The number of fused-ring (bicyclic) bond motifs is 11. The Morgan fingerprint density at radius 3 is 1.24 bits per heavy atom. The molecule has 0 atom stereocenters. The Kier molecular flexibility index (Phi) is 13.1. The molecule has 0 amide bonds. The molecule has 20 rings (SSSR count). The molecule has 0 saturated heterocycles. The van der Waals surface area contributed by atoms with E-state index in [1.54, 1.807) is 22.7 Å². The lowest BCUT2D eigenvalue weighted by atomic mass is 10.0. The maximum atomic E-state index is 5.57. The molecule has 0 fully saturated rings. The van der Waals surface area contributed by atoms with Gasteiger partial charge < -0.3 is 13.7 Å². The quantitative estimate of drug-likeness (QED) is 0.129. The fourth-order valence-electron chi connectivity index (χ4n) is 14.7. The molecule has 0 saturated carbocycles. The number of hydrogen-bond donors (Lipinski definition) is 0. The molecule has 0 spiro atoms. The molecule has 8 nitrogen and oxygen atoms in total. The van der Waals surface area contributed by atoms with Gasteiger partial charge in [-0.3, -0.25) is 0 Å². The van der Waals surface area contributed by atoms with Gasteiger partial charge >= 0.3 is 0 Å². The van der Waals surface area contributed by atoms with Crippen molar-refractivity contribution >= 4 is 108 Å². The Morgan fingerprint density at radius 1 is 0.222 bits per heavy atom. The molecule has 20 aromatic rings. The van der Waals surface area contributed by atoms with Crippen molar-refractivity contribution in [2.45, 2.75) is 0 Å². The van der Waals surface area contributed by atoms with E-state index in [9.17, 15) is 0 Å². The van der Waals surface area contributed by atoms with Crippen LogP contribution in [-0.2, 0) is 0 Å². The van der Waals surface area contributed by atoms with Crippen LogP contribution in [0.25, 0.3) is 192 Å². The molecule has 7 heterocycles. The number of benzene rings is 13. The van der Waals surface area contributed by atoms with Gasteiger partial charge in [0, 0.05) is 75.3 Å². The highest BCUT2D eigenvalue weighted by atomic mass is 32.1. The van der Waals surface area contributed by atoms with Crippen LogP contribution in [0.5, 0.6) is 0 Å². The summed E-state index contributed by atoms with van der Waals surface area (Å²) in [5.74, 6) is 2.47. The van der Waals surface area contributed by atoms with Gasteiger partial charge in [0.2, 0.25) is 0 Å². The van der Waals surface area contributed by atoms with Crippen molar-refractivity contribution < 1.29 is 0 Å². The molecule has 10 heteroatoms. The molecular weight excluding hydrogens is 1250 g/mol. The Morgan fingerprint density at radius 2 is 0.636 bits per heavy atom. The summed E-state index contributed by atoms with van der Waals surface area (Å²) in [6.45, 7) is 0. The Labute approximate surface area is 576 Å². The van der Waals surface area contributed by atoms with Crippen molar-refractivity contribution in [1.29, 1.82) is 0 Å². The zero-order valence-electron chi connectivity index (χ0n) is 53.1. The maximum Gasteiger partial charge on any atom is 0.174 e. The summed E-state index contributed by atoms with van der Waals surface area (Å²) in [5.41, 5.74) is 19.5. The molecule has 0 N–H and O–H groups in total. The van der Waals surface area contributed by atoms with E-state index in [0.717, 1.165) is 126 Å². The van der Waals surface area contributed by atoms with E-state index in [1.165, 1.54) is 41.9 Å². The first kappa shape index (κ1) is 56.6. The van der Waals surface area contributed by atoms with Gasteiger partial charge in [-0.1, -0.05) is 224 Å². The second-order valence-corrected chi connectivity index (χ2v) is 27.3. The summed E-state index contributed by atoms with van der Waals surface area (Å²) in [6, 6.07) is 117. The van der Waals surface area contributed by atoms with Gasteiger partial charge in [0.15, 0.2) is 23.3 Å². The van der Waals surface area contributed by atoms with E-state index in [4.69, 9.17) is 24.9 Å². The van der Waals surface area contributed by atoms with E-state index in [1.807, 2.05) is 0 Å². The van der Waals surface area contributed by atoms with Gasteiger partial charge in [-0.05, 0) is 136 Å². The topological polar surface area (TPSA) is 79.2 Å². The average molecular weight is 1300 g/mol. The highest BCUT2D eigenvalue weighted by molar-refractivity contribution is 7.22. The molecule has 0 aliphatic carbocycles. The third-order valence-corrected chi connectivity index (χ3v) is 21.6. The fraction of sp³-hybridized carbons (Fsp3) is 0. The Hall–Kier alpha value is -12.7. The average Bonchev–Trinajstić information content (AvgIpc) is 1.61. The summed E-state index contributed by atoms with van der Waals surface area (Å²) in [5, 5.41) is 9.39. The molecule has 99 heavy (non-hydrogen) atoms. The van der Waals surface area contributed by atoms with E-state index < -0.39 is 0 Å². The number of aromatic nitrogens is 8. The van der Waals surface area contributed by atoms with Crippen LogP contribution in [0.1, 0.15) is 0 Å². The molecule has 13 aromatic carbocycles. The standard InChI is InChI=1S/C89H54N8S2/c1-2-20-55(21-3-1)56-38-42-58(43-39-56)73-54-74(84-51-61-22-4-18-36-82(61)98-84)91-87(90-73)63-48-64(95-75-30-12-6-24-66(75)67-25-7-13-31-76(67)95)53-65(49-63)96-77-32-14-10-28-70(77)72-50-60(46-47-81(72)96)57-40-44-59(45-41-57)86-92-88(94-89(93-86)85-52-62-23-5-19-37-83(62)99-85)71-29-11-17-35-80(71)97-78-33-15-8-26-68(78)69-27-9-16-34-79(69)97/h1-54H. The lowest BCUT2D eigenvalue weighted by Gasteiger charge is -2.16. The second kappa shape index (κ2) is 23.0. The molecule has 0 aliphatic heterocycles. The first-order valence-corrected chi connectivity index (χ1v) is 34.8. The number of hydrogen-bond acceptors (Lipinski definition) is 7. The summed E-state index contributed by atoms with van der Waals surface area (Å²) in [4.78, 5) is 29.2. The van der Waals surface area contributed by atoms with Crippen LogP contribution in [0, 0.1) is 0 Å². The Bertz CT molecular complexity index is 6440. The van der Waals surface area contributed by atoms with Crippen molar-refractivity contribution in [3.05, 3.63) is 328 Å². The van der Waals surface area contributed by atoms with Gasteiger partial charge in [-0.25, -0.2) is 24.9 Å². The first-order chi connectivity index (χ1) is 49.0. The summed E-state index contributed by atoms with van der Waals surface area (Å²) < 4.78 is 9.56.